The molecule has 3 N–H and O–H groups in total. The Balaban J connectivity index is 2.04. The van der Waals surface area contributed by atoms with Crippen molar-refractivity contribution < 1.29 is 0 Å². The first-order valence-corrected chi connectivity index (χ1v) is 7.62. The highest BCUT2D eigenvalue weighted by Gasteiger charge is 2.10. The second-order valence-electron chi connectivity index (χ2n) is 6.29. The summed E-state index contributed by atoms with van der Waals surface area (Å²) in [5, 5.41) is 6.18. The minimum atomic E-state index is 0.0738. The third-order valence-electron chi connectivity index (χ3n) is 3.93. The van der Waals surface area contributed by atoms with E-state index in [1.54, 1.807) is 0 Å². The van der Waals surface area contributed by atoms with Crippen molar-refractivity contribution >= 4 is 10.8 Å². The van der Waals surface area contributed by atoms with E-state index in [9.17, 15) is 0 Å². The zero-order valence-corrected chi connectivity index (χ0v) is 13.3. The predicted molar refractivity (Wildman–Crippen MR) is 92.3 cm³/mol. The van der Waals surface area contributed by atoms with Gasteiger partial charge in [0.2, 0.25) is 0 Å². The molecule has 0 spiro atoms. The molecule has 0 radical (unpaired) electrons. The molecule has 0 aromatic heterocycles. The van der Waals surface area contributed by atoms with E-state index in [1.807, 2.05) is 0 Å². The molecule has 0 fully saturated rings. The first-order valence-electron chi connectivity index (χ1n) is 7.62. The molecule has 0 unspecified atom stereocenters. The van der Waals surface area contributed by atoms with Gasteiger partial charge in [-0.3, -0.25) is 0 Å². The largest absolute Gasteiger partial charge is 0.330 e. The molecular formula is C19H26N2. The Morgan fingerprint density at radius 3 is 2.62 bits per heavy atom. The van der Waals surface area contributed by atoms with Crippen LogP contribution >= 0.6 is 0 Å². The monoisotopic (exact) mass is 282 g/mol. The fourth-order valence-electron chi connectivity index (χ4n) is 2.43. The van der Waals surface area contributed by atoms with Crippen molar-refractivity contribution in [1.82, 2.24) is 5.32 Å². The molecule has 0 aliphatic heterocycles. The van der Waals surface area contributed by atoms with Crippen LogP contribution in [-0.2, 0) is 0 Å². The van der Waals surface area contributed by atoms with Crippen molar-refractivity contribution in [3.05, 3.63) is 60.2 Å². The van der Waals surface area contributed by atoms with Crippen molar-refractivity contribution in [1.29, 1.82) is 0 Å². The minimum absolute atomic E-state index is 0.0738. The highest BCUT2D eigenvalue weighted by molar-refractivity contribution is 5.86. The molecule has 2 heteroatoms. The number of nitrogens with one attached hydrogen (secondary N) is 1. The van der Waals surface area contributed by atoms with Gasteiger partial charge in [-0.05, 0) is 28.7 Å². The lowest BCUT2D eigenvalue weighted by Gasteiger charge is -2.18. The molecule has 0 aliphatic carbocycles. The van der Waals surface area contributed by atoms with Gasteiger partial charge in [0.15, 0.2) is 0 Å². The fourth-order valence-corrected chi connectivity index (χ4v) is 2.43. The van der Waals surface area contributed by atoms with Gasteiger partial charge in [-0.2, -0.15) is 0 Å². The zero-order valence-electron chi connectivity index (χ0n) is 13.3. The highest BCUT2D eigenvalue weighted by Crippen LogP contribution is 2.23. The van der Waals surface area contributed by atoms with Crippen LogP contribution in [0.4, 0.5) is 0 Å². The van der Waals surface area contributed by atoms with Gasteiger partial charge in [0.05, 0.1) is 0 Å². The molecule has 0 saturated carbocycles. The van der Waals surface area contributed by atoms with Crippen LogP contribution < -0.4 is 11.1 Å². The Labute approximate surface area is 128 Å². The number of rotatable bonds is 6. The number of nitrogens with two attached hydrogens (primary N) is 1. The molecule has 1 atom stereocenters. The first-order chi connectivity index (χ1) is 10.0. The van der Waals surface area contributed by atoms with Crippen LogP contribution in [0.5, 0.6) is 0 Å². The number of hydrogen-bond acceptors (Lipinski definition) is 2. The van der Waals surface area contributed by atoms with E-state index < -0.39 is 0 Å². The van der Waals surface area contributed by atoms with E-state index in [0.29, 0.717) is 12.6 Å². The van der Waals surface area contributed by atoms with E-state index in [-0.39, 0.29) is 5.41 Å². The topological polar surface area (TPSA) is 38.0 Å². The molecule has 0 amide bonds. The average Bonchev–Trinajstić information content (AvgIpc) is 2.51. The van der Waals surface area contributed by atoms with Gasteiger partial charge in [0.25, 0.3) is 0 Å². The van der Waals surface area contributed by atoms with Crippen molar-refractivity contribution in [3.63, 3.8) is 0 Å². The fraction of sp³-hybridized carbons (Fsp3) is 0.368. The summed E-state index contributed by atoms with van der Waals surface area (Å²) in [5.74, 6) is 0. The summed E-state index contributed by atoms with van der Waals surface area (Å²) in [6.45, 7) is 8.04. The van der Waals surface area contributed by atoms with Crippen LogP contribution in [0.3, 0.4) is 0 Å². The van der Waals surface area contributed by atoms with Gasteiger partial charge in [-0.25, -0.2) is 0 Å². The van der Waals surface area contributed by atoms with Crippen LogP contribution in [0.2, 0.25) is 0 Å². The highest BCUT2D eigenvalue weighted by atomic mass is 14.9. The molecule has 112 valence electrons. The minimum Gasteiger partial charge on any atom is -0.330 e. The van der Waals surface area contributed by atoms with Gasteiger partial charge < -0.3 is 11.1 Å². The van der Waals surface area contributed by atoms with Crippen molar-refractivity contribution in [3.8, 4) is 0 Å². The smallest absolute Gasteiger partial charge is 0.0300 e. The second kappa shape index (κ2) is 6.88. The van der Waals surface area contributed by atoms with Crippen molar-refractivity contribution in [2.45, 2.75) is 26.8 Å². The van der Waals surface area contributed by atoms with Crippen LogP contribution in [-0.4, -0.2) is 13.1 Å². The lowest BCUT2D eigenvalue weighted by Crippen LogP contribution is -2.22. The molecule has 2 aromatic carbocycles. The van der Waals surface area contributed by atoms with Crippen LogP contribution in [0.1, 0.15) is 32.4 Å². The lowest BCUT2D eigenvalue weighted by molar-refractivity contribution is 0.492. The molecule has 21 heavy (non-hydrogen) atoms. The summed E-state index contributed by atoms with van der Waals surface area (Å²) in [5.41, 5.74) is 7.15. The summed E-state index contributed by atoms with van der Waals surface area (Å²) in [4.78, 5) is 0. The summed E-state index contributed by atoms with van der Waals surface area (Å²) < 4.78 is 0. The van der Waals surface area contributed by atoms with Crippen LogP contribution in [0, 0.1) is 5.41 Å². The maximum Gasteiger partial charge on any atom is 0.0300 e. The summed E-state index contributed by atoms with van der Waals surface area (Å²) >= 11 is 0. The summed E-state index contributed by atoms with van der Waals surface area (Å²) in [7, 11) is 0. The third kappa shape index (κ3) is 4.16. The van der Waals surface area contributed by atoms with Crippen molar-refractivity contribution in [2.24, 2.45) is 11.1 Å². The van der Waals surface area contributed by atoms with Gasteiger partial charge >= 0.3 is 0 Å². The van der Waals surface area contributed by atoms with Crippen LogP contribution in [0.15, 0.2) is 54.6 Å². The van der Waals surface area contributed by atoms with Gasteiger partial charge in [-0.1, -0.05) is 68.5 Å². The number of hydrogen-bond donors (Lipinski definition) is 2. The molecule has 2 rings (SSSR count). The first kappa shape index (κ1) is 15.7. The summed E-state index contributed by atoms with van der Waals surface area (Å²) in [6, 6.07) is 15.4. The Morgan fingerprint density at radius 1 is 1.14 bits per heavy atom. The summed E-state index contributed by atoms with van der Waals surface area (Å²) in [6.07, 6.45) is 4.37. The Bertz CT molecular complexity index is 608. The molecule has 2 aromatic rings. The zero-order chi connectivity index (χ0) is 15.3. The molecular weight excluding hydrogens is 256 g/mol. The Morgan fingerprint density at radius 2 is 1.86 bits per heavy atom. The Hall–Kier alpha value is -1.64. The SMILES string of the molecule is C[C@@H](NC/C=C/C(C)(C)CN)c1cccc2ccccc12. The van der Waals surface area contributed by atoms with E-state index in [2.05, 4.69) is 80.7 Å². The van der Waals surface area contributed by atoms with Gasteiger partial charge in [0, 0.05) is 19.1 Å². The molecule has 0 aliphatic rings. The standard InChI is InChI=1S/C19H26N2/c1-15(21-13-7-12-19(2,3)14-20)17-11-6-9-16-8-4-5-10-18(16)17/h4-12,15,21H,13-14,20H2,1-3H3/b12-7+/t15-/m1/s1. The Kier molecular flexibility index (Phi) is 5.16. The van der Waals surface area contributed by atoms with E-state index in [0.717, 1.165) is 6.54 Å². The maximum absolute atomic E-state index is 5.73. The van der Waals surface area contributed by atoms with Crippen LogP contribution in [0.25, 0.3) is 10.8 Å². The van der Waals surface area contributed by atoms with E-state index >= 15 is 0 Å². The number of fused-ring (bicyclic) bond motifs is 1. The average molecular weight is 282 g/mol. The molecule has 0 saturated heterocycles. The molecule has 2 nitrogen and oxygen atoms in total. The van der Waals surface area contributed by atoms with Gasteiger partial charge in [-0.15, -0.1) is 0 Å². The normalized spacial score (nSPS) is 13.9. The molecule has 0 bridgehead atoms. The lowest BCUT2D eigenvalue weighted by atomic mass is 9.93. The predicted octanol–water partition coefficient (Wildman–Crippen LogP) is 4.03. The van der Waals surface area contributed by atoms with E-state index in [4.69, 9.17) is 5.73 Å². The third-order valence-corrected chi connectivity index (χ3v) is 3.93. The second-order valence-corrected chi connectivity index (χ2v) is 6.29. The van der Waals surface area contributed by atoms with E-state index in [1.165, 1.54) is 16.3 Å². The maximum atomic E-state index is 5.73. The number of benzene rings is 2. The van der Waals surface area contributed by atoms with Gasteiger partial charge in [0.1, 0.15) is 0 Å². The quantitative estimate of drug-likeness (QED) is 0.785. The van der Waals surface area contributed by atoms with Crippen molar-refractivity contribution in [2.75, 3.05) is 13.1 Å². The molecule has 0 heterocycles.